The maximum Gasteiger partial charge on any atom is 0.0568 e. The fraction of sp³-hybridized carbons (Fsp3) is 0.385. The molecule has 0 aromatic carbocycles. The third-order valence-corrected chi connectivity index (χ3v) is 2.72. The Kier molecular flexibility index (Phi) is 3.04. The van der Waals surface area contributed by atoms with Gasteiger partial charge in [0, 0.05) is 36.3 Å². The number of rotatable bonds is 3. The van der Waals surface area contributed by atoms with Crippen molar-refractivity contribution < 1.29 is 0 Å². The molecule has 0 N–H and O–H groups in total. The minimum atomic E-state index is 0.508. The molecule has 0 radical (unpaired) electrons. The summed E-state index contributed by atoms with van der Waals surface area (Å²) in [5, 5.41) is 4.27. The van der Waals surface area contributed by atoms with Gasteiger partial charge in [-0.15, -0.1) is 0 Å². The number of aromatic nitrogens is 3. The first kappa shape index (κ1) is 10.9. The summed E-state index contributed by atoms with van der Waals surface area (Å²) in [7, 11) is 0. The molecule has 2 aromatic heterocycles. The van der Waals surface area contributed by atoms with Gasteiger partial charge in [-0.05, 0) is 24.5 Å². The first-order valence-electron chi connectivity index (χ1n) is 5.68. The number of hydrogen-bond acceptors (Lipinski definition) is 2. The molecular formula is C13H17N3. The van der Waals surface area contributed by atoms with Crippen molar-refractivity contribution in [2.45, 2.75) is 33.2 Å². The molecule has 2 aromatic rings. The maximum absolute atomic E-state index is 4.28. The van der Waals surface area contributed by atoms with Gasteiger partial charge in [0.1, 0.15) is 0 Å². The standard InChI is InChI=1S/C13H17N3/c1-4-16-9-13(8-15-16)12-5-11(10(2)3)6-14-7-12/h5-10H,4H2,1-3H3. The van der Waals surface area contributed by atoms with Crippen LogP contribution in [0.4, 0.5) is 0 Å². The summed E-state index contributed by atoms with van der Waals surface area (Å²) < 4.78 is 1.93. The summed E-state index contributed by atoms with van der Waals surface area (Å²) in [4.78, 5) is 4.28. The quantitative estimate of drug-likeness (QED) is 0.787. The van der Waals surface area contributed by atoms with Gasteiger partial charge >= 0.3 is 0 Å². The van der Waals surface area contributed by atoms with Crippen LogP contribution >= 0.6 is 0 Å². The highest BCUT2D eigenvalue weighted by Crippen LogP contribution is 2.22. The van der Waals surface area contributed by atoms with Crippen LogP contribution < -0.4 is 0 Å². The SMILES string of the molecule is CCn1cc(-c2cncc(C(C)C)c2)cn1. The van der Waals surface area contributed by atoms with Gasteiger partial charge in [-0.3, -0.25) is 9.67 Å². The molecule has 0 amide bonds. The van der Waals surface area contributed by atoms with Crippen LogP contribution in [0.25, 0.3) is 11.1 Å². The van der Waals surface area contributed by atoms with E-state index >= 15 is 0 Å². The molecule has 84 valence electrons. The van der Waals surface area contributed by atoms with Gasteiger partial charge in [0.2, 0.25) is 0 Å². The van der Waals surface area contributed by atoms with E-state index in [0.29, 0.717) is 5.92 Å². The average Bonchev–Trinajstić information content (AvgIpc) is 2.77. The topological polar surface area (TPSA) is 30.7 Å². The van der Waals surface area contributed by atoms with Crippen molar-refractivity contribution >= 4 is 0 Å². The predicted molar refractivity (Wildman–Crippen MR) is 65.2 cm³/mol. The van der Waals surface area contributed by atoms with Crippen molar-refractivity contribution in [2.24, 2.45) is 0 Å². The summed E-state index contributed by atoms with van der Waals surface area (Å²) in [5.74, 6) is 0.508. The molecule has 3 nitrogen and oxygen atoms in total. The van der Waals surface area contributed by atoms with Gasteiger partial charge in [-0.25, -0.2) is 0 Å². The molecule has 0 aliphatic rings. The van der Waals surface area contributed by atoms with Crippen molar-refractivity contribution in [3.05, 3.63) is 36.4 Å². The molecule has 0 aliphatic carbocycles. The normalized spacial score (nSPS) is 11.0. The third kappa shape index (κ3) is 2.13. The summed E-state index contributed by atoms with van der Waals surface area (Å²) in [6.45, 7) is 7.34. The van der Waals surface area contributed by atoms with Crippen molar-refractivity contribution in [3.63, 3.8) is 0 Å². The fourth-order valence-corrected chi connectivity index (χ4v) is 1.62. The van der Waals surface area contributed by atoms with Crippen molar-refractivity contribution in [1.82, 2.24) is 14.8 Å². The van der Waals surface area contributed by atoms with E-state index in [2.05, 4.69) is 43.1 Å². The molecule has 16 heavy (non-hydrogen) atoms. The van der Waals surface area contributed by atoms with Crippen LogP contribution in [0.1, 0.15) is 32.3 Å². The van der Waals surface area contributed by atoms with Crippen molar-refractivity contribution in [3.8, 4) is 11.1 Å². The van der Waals surface area contributed by atoms with E-state index in [0.717, 1.165) is 17.7 Å². The van der Waals surface area contributed by atoms with Crippen molar-refractivity contribution in [2.75, 3.05) is 0 Å². The molecule has 0 aliphatic heterocycles. The Bertz CT molecular complexity index is 472. The first-order valence-corrected chi connectivity index (χ1v) is 5.68. The molecule has 0 saturated heterocycles. The second kappa shape index (κ2) is 4.47. The van der Waals surface area contributed by atoms with Gasteiger partial charge in [0.05, 0.1) is 6.20 Å². The van der Waals surface area contributed by atoms with Gasteiger partial charge in [-0.2, -0.15) is 5.10 Å². The zero-order chi connectivity index (χ0) is 11.5. The van der Waals surface area contributed by atoms with Crippen LogP contribution in [0.15, 0.2) is 30.9 Å². The smallest absolute Gasteiger partial charge is 0.0568 e. The lowest BCUT2D eigenvalue weighted by Gasteiger charge is -2.05. The highest BCUT2D eigenvalue weighted by atomic mass is 15.3. The zero-order valence-electron chi connectivity index (χ0n) is 10.0. The summed E-state index contributed by atoms with van der Waals surface area (Å²) in [6, 6.07) is 2.19. The fourth-order valence-electron chi connectivity index (χ4n) is 1.62. The van der Waals surface area contributed by atoms with Gasteiger partial charge < -0.3 is 0 Å². The number of nitrogens with zero attached hydrogens (tertiary/aromatic N) is 3. The maximum atomic E-state index is 4.28. The van der Waals surface area contributed by atoms with Gasteiger partial charge in [0.25, 0.3) is 0 Å². The van der Waals surface area contributed by atoms with Crippen LogP contribution in [0.3, 0.4) is 0 Å². The van der Waals surface area contributed by atoms with E-state index < -0.39 is 0 Å². The van der Waals surface area contributed by atoms with E-state index in [1.807, 2.05) is 23.3 Å². The van der Waals surface area contributed by atoms with Crippen LogP contribution in [-0.4, -0.2) is 14.8 Å². The Morgan fingerprint density at radius 3 is 2.62 bits per heavy atom. The van der Waals surface area contributed by atoms with Crippen LogP contribution in [0, 0.1) is 0 Å². The number of pyridine rings is 1. The number of hydrogen-bond donors (Lipinski definition) is 0. The molecule has 0 atom stereocenters. The lowest BCUT2D eigenvalue weighted by molar-refractivity contribution is 0.660. The van der Waals surface area contributed by atoms with Crippen LogP contribution in [0.5, 0.6) is 0 Å². The monoisotopic (exact) mass is 215 g/mol. The summed E-state index contributed by atoms with van der Waals surface area (Å²) in [5.41, 5.74) is 3.55. The largest absolute Gasteiger partial charge is 0.272 e. The number of aryl methyl sites for hydroxylation is 1. The highest BCUT2D eigenvalue weighted by Gasteiger charge is 2.04. The molecule has 2 heterocycles. The van der Waals surface area contributed by atoms with E-state index in [4.69, 9.17) is 0 Å². The van der Waals surface area contributed by atoms with E-state index in [9.17, 15) is 0 Å². The lowest BCUT2D eigenvalue weighted by Crippen LogP contribution is -1.92. The molecule has 0 unspecified atom stereocenters. The molecule has 0 saturated carbocycles. The Labute approximate surface area is 96.1 Å². The Morgan fingerprint density at radius 1 is 1.19 bits per heavy atom. The molecule has 0 spiro atoms. The lowest BCUT2D eigenvalue weighted by atomic mass is 10.0. The summed E-state index contributed by atoms with van der Waals surface area (Å²) >= 11 is 0. The third-order valence-electron chi connectivity index (χ3n) is 2.72. The van der Waals surface area contributed by atoms with Gasteiger partial charge in [0.15, 0.2) is 0 Å². The zero-order valence-corrected chi connectivity index (χ0v) is 10.0. The van der Waals surface area contributed by atoms with Crippen molar-refractivity contribution in [1.29, 1.82) is 0 Å². The first-order chi connectivity index (χ1) is 7.70. The Morgan fingerprint density at radius 2 is 2.00 bits per heavy atom. The molecule has 3 heteroatoms. The minimum Gasteiger partial charge on any atom is -0.272 e. The molecular weight excluding hydrogens is 198 g/mol. The molecule has 0 bridgehead atoms. The average molecular weight is 215 g/mol. The minimum absolute atomic E-state index is 0.508. The Balaban J connectivity index is 2.36. The summed E-state index contributed by atoms with van der Waals surface area (Å²) in [6.07, 6.45) is 7.77. The predicted octanol–water partition coefficient (Wildman–Crippen LogP) is 3.09. The van der Waals surface area contributed by atoms with Crippen LogP contribution in [-0.2, 0) is 6.54 Å². The van der Waals surface area contributed by atoms with E-state index in [1.54, 1.807) is 0 Å². The molecule has 2 rings (SSSR count). The van der Waals surface area contributed by atoms with Crippen LogP contribution in [0.2, 0.25) is 0 Å². The van der Waals surface area contributed by atoms with E-state index in [1.165, 1.54) is 5.56 Å². The van der Waals surface area contributed by atoms with E-state index in [-0.39, 0.29) is 0 Å². The second-order valence-corrected chi connectivity index (χ2v) is 4.25. The molecule has 0 fully saturated rings. The highest BCUT2D eigenvalue weighted by molar-refractivity contribution is 5.61. The second-order valence-electron chi connectivity index (χ2n) is 4.25. The Hall–Kier alpha value is -1.64. The van der Waals surface area contributed by atoms with Gasteiger partial charge in [-0.1, -0.05) is 13.8 Å².